The van der Waals surface area contributed by atoms with Crippen molar-refractivity contribution >= 4 is 32.9 Å². The summed E-state index contributed by atoms with van der Waals surface area (Å²) in [5.41, 5.74) is 8.82. The minimum atomic E-state index is -2.95. The fraction of sp³-hybridized carbons (Fsp3) is 0.571. The molecule has 0 spiro atoms. The van der Waals surface area contributed by atoms with Crippen molar-refractivity contribution < 1.29 is 8.42 Å². The van der Waals surface area contributed by atoms with Crippen LogP contribution in [0.1, 0.15) is 36.1 Å². The Hall–Kier alpha value is -1.21. The van der Waals surface area contributed by atoms with Crippen LogP contribution in [0.5, 0.6) is 0 Å². The quantitative estimate of drug-likeness (QED) is 0.812. The van der Waals surface area contributed by atoms with Crippen LogP contribution in [0.25, 0.3) is 0 Å². The van der Waals surface area contributed by atoms with Gasteiger partial charge in [0, 0.05) is 11.7 Å². The van der Waals surface area contributed by atoms with Gasteiger partial charge in [-0.2, -0.15) is 0 Å². The Morgan fingerprint density at radius 1 is 1.38 bits per heavy atom. The third-order valence-electron chi connectivity index (χ3n) is 4.12. The highest BCUT2D eigenvalue weighted by Gasteiger charge is 2.26. The molecule has 114 valence electrons. The van der Waals surface area contributed by atoms with E-state index in [0.29, 0.717) is 17.2 Å². The molecule has 5 nitrogen and oxygen atoms in total. The number of nitrogens with zero attached hydrogens (tertiary/aromatic N) is 1. The number of fused-ring (bicyclic) bond motifs is 1. The van der Waals surface area contributed by atoms with Crippen LogP contribution < -0.4 is 11.1 Å². The van der Waals surface area contributed by atoms with Gasteiger partial charge >= 0.3 is 0 Å². The van der Waals surface area contributed by atoms with Gasteiger partial charge in [0.2, 0.25) is 0 Å². The summed E-state index contributed by atoms with van der Waals surface area (Å²) in [6.45, 7) is 0. The van der Waals surface area contributed by atoms with E-state index in [2.05, 4.69) is 10.3 Å². The molecule has 1 aromatic heterocycles. The molecule has 0 aromatic carbocycles. The Morgan fingerprint density at radius 3 is 2.90 bits per heavy atom. The number of sulfone groups is 1. The monoisotopic (exact) mass is 325 g/mol. The van der Waals surface area contributed by atoms with E-state index >= 15 is 0 Å². The van der Waals surface area contributed by atoms with Crippen molar-refractivity contribution in [3.63, 3.8) is 0 Å². The van der Waals surface area contributed by atoms with Gasteiger partial charge in [0.25, 0.3) is 0 Å². The molecule has 1 atom stereocenters. The van der Waals surface area contributed by atoms with Crippen LogP contribution >= 0.6 is 12.2 Å². The number of anilines is 1. The summed E-state index contributed by atoms with van der Waals surface area (Å²) in [4.78, 5) is 4.95. The first kappa shape index (κ1) is 14.7. The van der Waals surface area contributed by atoms with Crippen molar-refractivity contribution in [2.45, 2.75) is 38.1 Å². The Morgan fingerprint density at radius 2 is 2.19 bits per heavy atom. The highest BCUT2D eigenvalue weighted by Crippen LogP contribution is 2.27. The second-order valence-corrected chi connectivity index (χ2v) is 8.47. The van der Waals surface area contributed by atoms with Gasteiger partial charge in [-0.15, -0.1) is 0 Å². The summed E-state index contributed by atoms with van der Waals surface area (Å²) >= 11 is 5.11. The topological polar surface area (TPSA) is 85.1 Å². The number of hydrogen-bond acceptors (Lipinski definition) is 5. The third kappa shape index (κ3) is 3.18. The molecule has 2 aliphatic rings. The van der Waals surface area contributed by atoms with Crippen LogP contribution in [-0.2, 0) is 22.7 Å². The number of hydrogen-bond donors (Lipinski definition) is 2. The average Bonchev–Trinajstić information content (AvgIpc) is 2.83. The largest absolute Gasteiger partial charge is 0.389 e. The lowest BCUT2D eigenvalue weighted by molar-refractivity contribution is 0.561. The van der Waals surface area contributed by atoms with Crippen molar-refractivity contribution in [3.05, 3.63) is 22.9 Å². The Balaban J connectivity index is 1.89. The summed E-state index contributed by atoms with van der Waals surface area (Å²) < 4.78 is 23.5. The number of aromatic nitrogens is 1. The predicted octanol–water partition coefficient (Wildman–Crippen LogP) is 1.19. The molecule has 3 N–H and O–H groups in total. The van der Waals surface area contributed by atoms with Crippen LogP contribution in [0.4, 0.5) is 5.82 Å². The van der Waals surface area contributed by atoms with E-state index in [9.17, 15) is 8.42 Å². The number of nitrogens with one attached hydrogen (secondary N) is 1. The van der Waals surface area contributed by atoms with Crippen LogP contribution in [0.15, 0.2) is 6.07 Å². The van der Waals surface area contributed by atoms with Gasteiger partial charge in [0.05, 0.1) is 17.1 Å². The smallest absolute Gasteiger partial charge is 0.152 e. The van der Waals surface area contributed by atoms with Gasteiger partial charge < -0.3 is 11.1 Å². The number of nitrogens with two attached hydrogens (primary N) is 1. The van der Waals surface area contributed by atoms with Crippen molar-refractivity contribution in [1.82, 2.24) is 4.98 Å². The lowest BCUT2D eigenvalue weighted by atomic mass is 10.1. The standard InChI is InChI=1S/C14H19N3O2S2/c15-13(20)11-7-9-3-1-5-12(9)17-14(11)16-10-4-2-6-21(18,19)8-10/h7,10H,1-6,8H2,(H2,15,20)(H,16,17). The molecule has 0 bridgehead atoms. The molecule has 1 aliphatic carbocycles. The molecule has 0 radical (unpaired) electrons. The summed E-state index contributed by atoms with van der Waals surface area (Å²) in [5.74, 6) is 1.08. The van der Waals surface area contributed by atoms with Gasteiger partial charge in [-0.05, 0) is 43.7 Å². The molecule has 7 heteroatoms. The first-order valence-electron chi connectivity index (χ1n) is 7.24. The maximum absolute atomic E-state index is 11.7. The molecule has 3 rings (SSSR count). The SMILES string of the molecule is NC(=S)c1cc2c(nc1NC1CCCS(=O)(=O)C1)CCC2. The Labute approximate surface area is 130 Å². The molecule has 1 unspecified atom stereocenters. The number of aryl methyl sites for hydroxylation is 2. The van der Waals surface area contributed by atoms with Crippen LogP contribution in [-0.4, -0.2) is 35.9 Å². The Bertz CT molecular complexity index is 686. The van der Waals surface area contributed by atoms with E-state index in [4.69, 9.17) is 18.0 Å². The van der Waals surface area contributed by atoms with E-state index in [1.165, 1.54) is 5.56 Å². The average molecular weight is 325 g/mol. The van der Waals surface area contributed by atoms with Crippen molar-refractivity contribution in [2.75, 3.05) is 16.8 Å². The molecule has 0 amide bonds. The number of thiocarbonyl (C=S) groups is 1. The van der Waals surface area contributed by atoms with E-state index in [1.54, 1.807) is 0 Å². The highest BCUT2D eigenvalue weighted by atomic mass is 32.2. The normalized spacial score (nSPS) is 23.5. The molecule has 1 aromatic rings. The molecular weight excluding hydrogens is 306 g/mol. The zero-order chi connectivity index (χ0) is 15.0. The summed E-state index contributed by atoms with van der Waals surface area (Å²) in [6, 6.07) is 1.90. The minimum absolute atomic E-state index is 0.108. The molecule has 0 saturated carbocycles. The van der Waals surface area contributed by atoms with Crippen LogP contribution in [0.2, 0.25) is 0 Å². The zero-order valence-electron chi connectivity index (χ0n) is 11.8. The first-order chi connectivity index (χ1) is 9.94. The lowest BCUT2D eigenvalue weighted by Crippen LogP contribution is -2.35. The summed E-state index contributed by atoms with van der Waals surface area (Å²) in [7, 11) is -2.95. The minimum Gasteiger partial charge on any atom is -0.389 e. The molecule has 21 heavy (non-hydrogen) atoms. The van der Waals surface area contributed by atoms with Crippen molar-refractivity contribution in [1.29, 1.82) is 0 Å². The van der Waals surface area contributed by atoms with Crippen molar-refractivity contribution in [3.8, 4) is 0 Å². The fourth-order valence-corrected chi connectivity index (χ4v) is 4.89. The Kier molecular flexibility index (Phi) is 3.88. The van der Waals surface area contributed by atoms with Gasteiger partial charge in [0.1, 0.15) is 10.8 Å². The molecular formula is C14H19N3O2S2. The van der Waals surface area contributed by atoms with E-state index in [-0.39, 0.29) is 17.5 Å². The van der Waals surface area contributed by atoms with E-state index in [0.717, 1.165) is 36.9 Å². The van der Waals surface area contributed by atoms with Crippen LogP contribution in [0, 0.1) is 0 Å². The van der Waals surface area contributed by atoms with Gasteiger partial charge in [-0.25, -0.2) is 13.4 Å². The third-order valence-corrected chi connectivity index (χ3v) is 6.16. The zero-order valence-corrected chi connectivity index (χ0v) is 13.4. The second kappa shape index (κ2) is 5.53. The number of rotatable bonds is 3. The first-order valence-corrected chi connectivity index (χ1v) is 9.47. The van der Waals surface area contributed by atoms with E-state index < -0.39 is 9.84 Å². The lowest BCUT2D eigenvalue weighted by Gasteiger charge is -2.25. The summed E-state index contributed by atoms with van der Waals surface area (Å²) in [6.07, 6.45) is 4.59. The maximum atomic E-state index is 11.7. The summed E-state index contributed by atoms with van der Waals surface area (Å²) in [5, 5.41) is 3.26. The van der Waals surface area contributed by atoms with Gasteiger partial charge in [-0.3, -0.25) is 0 Å². The fourth-order valence-electron chi connectivity index (χ4n) is 3.10. The second-order valence-electron chi connectivity index (χ2n) is 5.81. The van der Waals surface area contributed by atoms with Crippen molar-refractivity contribution in [2.24, 2.45) is 5.73 Å². The molecule has 1 saturated heterocycles. The predicted molar refractivity (Wildman–Crippen MR) is 87.4 cm³/mol. The molecule has 1 aliphatic heterocycles. The highest BCUT2D eigenvalue weighted by molar-refractivity contribution is 7.91. The van der Waals surface area contributed by atoms with Gasteiger partial charge in [0.15, 0.2) is 9.84 Å². The van der Waals surface area contributed by atoms with E-state index in [1.807, 2.05) is 6.07 Å². The number of pyridine rings is 1. The maximum Gasteiger partial charge on any atom is 0.152 e. The molecule has 1 fully saturated rings. The molecule has 2 heterocycles. The van der Waals surface area contributed by atoms with Gasteiger partial charge in [-0.1, -0.05) is 12.2 Å². The van der Waals surface area contributed by atoms with Crippen LogP contribution in [0.3, 0.4) is 0 Å².